The van der Waals surface area contributed by atoms with Crippen LogP contribution in [0, 0.1) is 6.92 Å². The van der Waals surface area contributed by atoms with E-state index in [9.17, 15) is 9.59 Å². The fourth-order valence-corrected chi connectivity index (χ4v) is 2.13. The van der Waals surface area contributed by atoms with E-state index in [-0.39, 0.29) is 18.2 Å². The van der Waals surface area contributed by atoms with E-state index < -0.39 is 6.04 Å². The molecule has 1 aliphatic rings. The van der Waals surface area contributed by atoms with Gasteiger partial charge in [-0.2, -0.15) is 5.10 Å². The number of imide groups is 1. The first-order chi connectivity index (χ1) is 8.54. The lowest BCUT2D eigenvalue weighted by Crippen LogP contribution is -2.38. The number of likely N-dealkylation sites (N-methyl/N-ethyl adjacent to an activating group) is 1. The van der Waals surface area contributed by atoms with Crippen LogP contribution in [0.1, 0.15) is 24.6 Å². The van der Waals surface area contributed by atoms with Crippen molar-refractivity contribution in [3.8, 4) is 0 Å². The fraction of sp³-hybridized carbons (Fsp3) is 0.583. The Morgan fingerprint density at radius 3 is 2.72 bits per heavy atom. The maximum atomic E-state index is 11.9. The second-order valence-electron chi connectivity index (χ2n) is 4.49. The van der Waals surface area contributed by atoms with Gasteiger partial charge in [0.15, 0.2) is 0 Å². The maximum absolute atomic E-state index is 11.9. The number of aromatic nitrogens is 2. The van der Waals surface area contributed by atoms with Crippen LogP contribution in [0.4, 0.5) is 0 Å². The summed E-state index contributed by atoms with van der Waals surface area (Å²) < 4.78 is 1.79. The molecule has 2 amide bonds. The van der Waals surface area contributed by atoms with Gasteiger partial charge in [0.05, 0.1) is 18.7 Å². The average molecular weight is 250 g/mol. The summed E-state index contributed by atoms with van der Waals surface area (Å²) in [7, 11) is 1.88. The van der Waals surface area contributed by atoms with Gasteiger partial charge < -0.3 is 5.32 Å². The molecule has 2 heterocycles. The number of nitrogens with zero attached hydrogens (tertiary/aromatic N) is 3. The summed E-state index contributed by atoms with van der Waals surface area (Å²) in [6, 6.07) is -0.392. The molecule has 0 radical (unpaired) electrons. The zero-order chi connectivity index (χ0) is 13.3. The number of amides is 2. The highest BCUT2D eigenvalue weighted by Crippen LogP contribution is 2.14. The second-order valence-corrected chi connectivity index (χ2v) is 4.49. The van der Waals surface area contributed by atoms with Crippen molar-refractivity contribution in [1.29, 1.82) is 0 Å². The summed E-state index contributed by atoms with van der Waals surface area (Å²) in [5.41, 5.74) is 2.11. The number of aryl methyl sites for hydroxylation is 1. The van der Waals surface area contributed by atoms with Crippen molar-refractivity contribution >= 4 is 11.8 Å². The summed E-state index contributed by atoms with van der Waals surface area (Å²) in [5.74, 6) is -0.216. The lowest BCUT2D eigenvalue weighted by molar-refractivity contribution is -0.138. The average Bonchev–Trinajstić information content (AvgIpc) is 2.79. The monoisotopic (exact) mass is 250 g/mol. The van der Waals surface area contributed by atoms with Crippen LogP contribution in [0.25, 0.3) is 0 Å². The standard InChI is InChI=1S/C12H18N4O2/c1-4-16-11(17)5-10(12(16)18)13-6-9-7-14-15(3)8(9)2/h7,10,13H,4-6H2,1-3H3. The normalized spacial score (nSPS) is 19.9. The van der Waals surface area contributed by atoms with Gasteiger partial charge in [-0.15, -0.1) is 0 Å². The third-order valence-corrected chi connectivity index (χ3v) is 3.44. The zero-order valence-electron chi connectivity index (χ0n) is 10.9. The van der Waals surface area contributed by atoms with Crippen molar-refractivity contribution < 1.29 is 9.59 Å². The number of hydrogen-bond donors (Lipinski definition) is 1. The Hall–Kier alpha value is -1.69. The Morgan fingerprint density at radius 1 is 1.50 bits per heavy atom. The highest BCUT2D eigenvalue weighted by Gasteiger charge is 2.37. The first kappa shape index (κ1) is 12.8. The topological polar surface area (TPSA) is 67.2 Å². The van der Waals surface area contributed by atoms with Crippen molar-refractivity contribution in [2.24, 2.45) is 7.05 Å². The summed E-state index contributed by atoms with van der Waals surface area (Å²) in [4.78, 5) is 24.7. The van der Waals surface area contributed by atoms with Crippen LogP contribution in [0.3, 0.4) is 0 Å². The van der Waals surface area contributed by atoms with E-state index in [0.29, 0.717) is 13.1 Å². The molecular weight excluding hydrogens is 232 g/mol. The number of likely N-dealkylation sites (tertiary alicyclic amines) is 1. The Balaban J connectivity index is 1.98. The molecule has 0 aromatic carbocycles. The van der Waals surface area contributed by atoms with Crippen LogP contribution in [-0.4, -0.2) is 39.1 Å². The second kappa shape index (κ2) is 4.89. The van der Waals surface area contributed by atoms with Crippen LogP contribution >= 0.6 is 0 Å². The van der Waals surface area contributed by atoms with Gasteiger partial charge in [-0.1, -0.05) is 0 Å². The minimum Gasteiger partial charge on any atom is -0.301 e. The molecule has 0 bridgehead atoms. The Bertz CT molecular complexity index is 480. The van der Waals surface area contributed by atoms with Crippen molar-refractivity contribution in [2.45, 2.75) is 32.9 Å². The first-order valence-corrected chi connectivity index (χ1v) is 6.09. The Morgan fingerprint density at radius 2 is 2.22 bits per heavy atom. The van der Waals surface area contributed by atoms with Crippen molar-refractivity contribution in [2.75, 3.05) is 6.54 Å². The lowest BCUT2D eigenvalue weighted by atomic mass is 10.2. The zero-order valence-corrected chi connectivity index (χ0v) is 10.9. The molecule has 2 rings (SSSR count). The molecule has 1 saturated heterocycles. The summed E-state index contributed by atoms with van der Waals surface area (Å²) in [6.07, 6.45) is 2.03. The molecule has 1 aliphatic heterocycles. The molecule has 1 N–H and O–H groups in total. The first-order valence-electron chi connectivity index (χ1n) is 6.09. The highest BCUT2D eigenvalue weighted by atomic mass is 16.2. The number of rotatable bonds is 4. The third-order valence-electron chi connectivity index (χ3n) is 3.44. The number of carbonyl (C=O) groups excluding carboxylic acids is 2. The molecule has 1 aromatic heterocycles. The van der Waals surface area contributed by atoms with Crippen LogP contribution in [0.2, 0.25) is 0 Å². The number of nitrogens with one attached hydrogen (secondary N) is 1. The van der Waals surface area contributed by atoms with Gasteiger partial charge >= 0.3 is 0 Å². The maximum Gasteiger partial charge on any atom is 0.246 e. The molecule has 1 fully saturated rings. The highest BCUT2D eigenvalue weighted by molar-refractivity contribution is 6.05. The molecule has 6 nitrogen and oxygen atoms in total. The predicted molar refractivity (Wildman–Crippen MR) is 65.6 cm³/mol. The summed E-state index contributed by atoms with van der Waals surface area (Å²) in [6.45, 7) is 4.79. The SMILES string of the molecule is CCN1C(=O)CC(NCc2cnn(C)c2C)C1=O. The molecule has 0 saturated carbocycles. The van der Waals surface area contributed by atoms with E-state index in [4.69, 9.17) is 0 Å². The van der Waals surface area contributed by atoms with E-state index in [2.05, 4.69) is 10.4 Å². The molecule has 0 spiro atoms. The van der Waals surface area contributed by atoms with Gasteiger partial charge in [0.1, 0.15) is 0 Å². The molecule has 6 heteroatoms. The molecule has 98 valence electrons. The van der Waals surface area contributed by atoms with E-state index in [1.807, 2.05) is 20.9 Å². The van der Waals surface area contributed by atoms with Gasteiger partial charge in [0.2, 0.25) is 11.8 Å². The lowest BCUT2D eigenvalue weighted by Gasteiger charge is -2.12. The van der Waals surface area contributed by atoms with E-state index in [1.54, 1.807) is 10.9 Å². The van der Waals surface area contributed by atoms with E-state index in [0.717, 1.165) is 11.3 Å². The minimum absolute atomic E-state index is 0.0945. The summed E-state index contributed by atoms with van der Waals surface area (Å²) >= 11 is 0. The van der Waals surface area contributed by atoms with Crippen molar-refractivity contribution in [1.82, 2.24) is 20.0 Å². The van der Waals surface area contributed by atoms with Gasteiger partial charge in [-0.25, -0.2) is 0 Å². The Labute approximate surface area is 106 Å². The molecule has 0 aliphatic carbocycles. The minimum atomic E-state index is -0.392. The van der Waals surface area contributed by atoms with Crippen molar-refractivity contribution in [3.63, 3.8) is 0 Å². The van der Waals surface area contributed by atoms with Gasteiger partial charge in [-0.3, -0.25) is 19.2 Å². The van der Waals surface area contributed by atoms with Crippen LogP contribution < -0.4 is 5.32 Å². The molecule has 1 unspecified atom stereocenters. The molecular formula is C12H18N4O2. The molecule has 18 heavy (non-hydrogen) atoms. The van der Waals surface area contributed by atoms with E-state index >= 15 is 0 Å². The smallest absolute Gasteiger partial charge is 0.246 e. The fourth-order valence-electron chi connectivity index (χ4n) is 2.13. The van der Waals surface area contributed by atoms with E-state index in [1.165, 1.54) is 4.90 Å². The van der Waals surface area contributed by atoms with Crippen LogP contribution in [-0.2, 0) is 23.2 Å². The van der Waals surface area contributed by atoms with Crippen LogP contribution in [0.15, 0.2) is 6.20 Å². The number of hydrogen-bond acceptors (Lipinski definition) is 4. The predicted octanol–water partition coefficient (Wildman–Crippen LogP) is -0.0345. The third kappa shape index (κ3) is 2.15. The quantitative estimate of drug-likeness (QED) is 0.762. The van der Waals surface area contributed by atoms with Gasteiger partial charge in [0.25, 0.3) is 0 Å². The molecule has 1 aromatic rings. The molecule has 1 atom stereocenters. The van der Waals surface area contributed by atoms with Gasteiger partial charge in [-0.05, 0) is 13.8 Å². The largest absolute Gasteiger partial charge is 0.301 e. The summed E-state index contributed by atoms with van der Waals surface area (Å²) in [5, 5.41) is 7.27. The Kier molecular flexibility index (Phi) is 3.47. The van der Waals surface area contributed by atoms with Gasteiger partial charge in [0, 0.05) is 31.4 Å². The van der Waals surface area contributed by atoms with Crippen LogP contribution in [0.5, 0.6) is 0 Å². The number of carbonyl (C=O) groups is 2. The van der Waals surface area contributed by atoms with Crippen molar-refractivity contribution in [3.05, 3.63) is 17.5 Å².